The van der Waals surface area contributed by atoms with Crippen LogP contribution in [0.25, 0.3) is 0 Å². The minimum Gasteiger partial charge on any atom is -0.379 e. The Morgan fingerprint density at radius 1 is 0.793 bits per heavy atom. The minimum absolute atomic E-state index is 0.0332. The van der Waals surface area contributed by atoms with E-state index in [9.17, 15) is 4.79 Å². The molecule has 0 aliphatic carbocycles. The van der Waals surface area contributed by atoms with Gasteiger partial charge in [-0.3, -0.25) is 4.79 Å². The molecule has 9 nitrogen and oxygen atoms in total. The average Bonchev–Trinajstić information content (AvgIpc) is 2.66. The van der Waals surface area contributed by atoms with Crippen molar-refractivity contribution in [1.82, 2.24) is 5.32 Å². The van der Waals surface area contributed by atoms with Crippen molar-refractivity contribution >= 4 is 24.4 Å². The molecule has 0 aliphatic heterocycles. The maximum atomic E-state index is 11.7. The molecule has 0 radical (unpaired) electrons. The predicted molar refractivity (Wildman–Crippen MR) is 114 cm³/mol. The van der Waals surface area contributed by atoms with Crippen molar-refractivity contribution in [2.45, 2.75) is 45.4 Å². The van der Waals surface area contributed by atoms with Gasteiger partial charge in [0.2, 0.25) is 5.91 Å². The van der Waals surface area contributed by atoms with E-state index in [2.05, 4.69) is 24.0 Å². The summed E-state index contributed by atoms with van der Waals surface area (Å²) >= 11 is 4.35. The smallest absolute Gasteiger partial charge is 0.321 e. The number of amides is 1. The van der Waals surface area contributed by atoms with Crippen LogP contribution in [0, 0.1) is 0 Å². The maximum Gasteiger partial charge on any atom is 0.321 e. The molecule has 0 rings (SSSR count). The lowest BCUT2D eigenvalue weighted by Gasteiger charge is -2.08. The van der Waals surface area contributed by atoms with Crippen molar-refractivity contribution in [3.63, 3.8) is 0 Å². The predicted octanol–water partition coefficient (Wildman–Crippen LogP) is 1.76. The van der Waals surface area contributed by atoms with E-state index in [1.807, 2.05) is 0 Å². The molecular formula is C18H38NO8PS. The van der Waals surface area contributed by atoms with Gasteiger partial charge >= 0.3 is 6.72 Å². The van der Waals surface area contributed by atoms with Crippen molar-refractivity contribution < 1.29 is 38.1 Å². The SMILES string of the molecule is CCCOCCOCCOCCOCCC(=O)NCCCCCCOP(O)(O)=S. The Labute approximate surface area is 179 Å². The van der Waals surface area contributed by atoms with E-state index >= 15 is 0 Å². The van der Waals surface area contributed by atoms with Gasteiger partial charge in [-0.25, -0.2) is 0 Å². The molecule has 29 heavy (non-hydrogen) atoms. The monoisotopic (exact) mass is 459 g/mol. The largest absolute Gasteiger partial charge is 0.379 e. The summed E-state index contributed by atoms with van der Waals surface area (Å²) < 4.78 is 26.1. The summed E-state index contributed by atoms with van der Waals surface area (Å²) in [5.74, 6) is -0.0332. The first-order valence-corrected chi connectivity index (χ1v) is 12.9. The summed E-state index contributed by atoms with van der Waals surface area (Å²) in [7, 11) is 0. The molecule has 0 aromatic heterocycles. The molecule has 0 atom stereocenters. The number of rotatable bonds is 22. The second kappa shape index (κ2) is 21.1. The van der Waals surface area contributed by atoms with Gasteiger partial charge in [-0.1, -0.05) is 19.8 Å². The average molecular weight is 460 g/mol. The molecule has 0 aromatic rings. The van der Waals surface area contributed by atoms with Crippen LogP contribution in [0.2, 0.25) is 0 Å². The summed E-state index contributed by atoms with van der Waals surface area (Å²) in [5, 5.41) is 2.84. The number of carbonyl (C=O) groups excluding carboxylic acids is 1. The quantitative estimate of drug-likeness (QED) is 0.164. The van der Waals surface area contributed by atoms with Gasteiger partial charge in [-0.15, -0.1) is 0 Å². The number of hydrogen-bond acceptors (Lipinski definition) is 7. The van der Waals surface area contributed by atoms with E-state index in [-0.39, 0.29) is 12.5 Å². The van der Waals surface area contributed by atoms with Crippen LogP contribution in [-0.2, 0) is 40.1 Å². The fourth-order valence-electron chi connectivity index (χ4n) is 2.15. The Kier molecular flexibility index (Phi) is 21.0. The fourth-order valence-corrected chi connectivity index (χ4v) is 2.74. The Morgan fingerprint density at radius 2 is 1.31 bits per heavy atom. The summed E-state index contributed by atoms with van der Waals surface area (Å²) in [4.78, 5) is 29.5. The van der Waals surface area contributed by atoms with Crippen molar-refractivity contribution in [3.05, 3.63) is 0 Å². The molecule has 0 spiro atoms. The highest BCUT2D eigenvalue weighted by Gasteiger charge is 2.06. The van der Waals surface area contributed by atoms with Crippen molar-refractivity contribution in [1.29, 1.82) is 0 Å². The third kappa shape index (κ3) is 25.8. The van der Waals surface area contributed by atoms with Gasteiger partial charge in [0.1, 0.15) is 0 Å². The van der Waals surface area contributed by atoms with Gasteiger partial charge in [0.15, 0.2) is 0 Å². The van der Waals surface area contributed by atoms with Crippen molar-refractivity contribution in [3.8, 4) is 0 Å². The number of carbonyl (C=O) groups is 1. The van der Waals surface area contributed by atoms with E-state index < -0.39 is 6.72 Å². The first-order valence-electron chi connectivity index (χ1n) is 10.2. The number of nitrogens with one attached hydrogen (secondary N) is 1. The highest BCUT2D eigenvalue weighted by Crippen LogP contribution is 2.36. The molecule has 0 unspecified atom stereocenters. The zero-order valence-corrected chi connectivity index (χ0v) is 19.2. The second-order valence-corrected chi connectivity index (χ2v) is 8.95. The highest BCUT2D eigenvalue weighted by atomic mass is 32.5. The number of unbranched alkanes of at least 4 members (excludes halogenated alkanes) is 3. The lowest BCUT2D eigenvalue weighted by Crippen LogP contribution is -2.25. The lowest BCUT2D eigenvalue weighted by molar-refractivity contribution is -0.122. The van der Waals surface area contributed by atoms with Gasteiger partial charge in [0.05, 0.1) is 52.9 Å². The standard InChI is InChI=1S/C18H38NO8PS/c1-2-9-23-12-14-25-16-17-26-15-13-24-11-7-18(20)19-8-5-3-4-6-10-27-28(21,22)29/h2-17H2,1H3,(H,19,20)(H2,21,22,29). The Balaban J connectivity index is 3.20. The van der Waals surface area contributed by atoms with Crippen LogP contribution in [0.3, 0.4) is 0 Å². The fraction of sp³-hybridized carbons (Fsp3) is 0.944. The summed E-state index contributed by atoms with van der Waals surface area (Å²) in [5.41, 5.74) is 0. The van der Waals surface area contributed by atoms with E-state index in [1.54, 1.807) is 0 Å². The first-order chi connectivity index (χ1) is 14.0. The van der Waals surface area contributed by atoms with Crippen LogP contribution in [0.4, 0.5) is 0 Å². The van der Waals surface area contributed by atoms with Crippen LogP contribution < -0.4 is 5.32 Å². The molecule has 1 amide bonds. The minimum atomic E-state index is -3.52. The lowest BCUT2D eigenvalue weighted by atomic mass is 10.2. The molecule has 11 heteroatoms. The molecule has 0 saturated carbocycles. The molecule has 0 aromatic carbocycles. The van der Waals surface area contributed by atoms with Crippen LogP contribution in [0.1, 0.15) is 45.4 Å². The van der Waals surface area contributed by atoms with Gasteiger partial charge in [0, 0.05) is 19.6 Å². The zero-order valence-electron chi connectivity index (χ0n) is 17.5. The van der Waals surface area contributed by atoms with E-state index in [4.69, 9.17) is 33.3 Å². The molecule has 0 fully saturated rings. The van der Waals surface area contributed by atoms with Crippen molar-refractivity contribution in [2.75, 3.05) is 66.0 Å². The third-order valence-corrected chi connectivity index (χ3v) is 4.43. The maximum absolute atomic E-state index is 11.7. The number of ether oxygens (including phenoxy) is 4. The van der Waals surface area contributed by atoms with Gasteiger partial charge in [0.25, 0.3) is 0 Å². The van der Waals surface area contributed by atoms with Crippen LogP contribution in [0.5, 0.6) is 0 Å². The Hall–Kier alpha value is -0.160. The van der Waals surface area contributed by atoms with Crippen LogP contribution >= 0.6 is 6.72 Å². The molecule has 174 valence electrons. The molecule has 0 bridgehead atoms. The van der Waals surface area contributed by atoms with E-state index in [1.165, 1.54) is 0 Å². The molecule has 0 saturated heterocycles. The first kappa shape index (κ1) is 28.8. The topological polar surface area (TPSA) is 116 Å². The highest BCUT2D eigenvalue weighted by molar-refractivity contribution is 8.06. The molecule has 0 heterocycles. The Bertz CT molecular complexity index is 425. The third-order valence-electron chi connectivity index (χ3n) is 3.59. The van der Waals surface area contributed by atoms with Gasteiger partial charge in [-0.2, -0.15) is 0 Å². The summed E-state index contributed by atoms with van der Waals surface area (Å²) in [6, 6.07) is 0. The van der Waals surface area contributed by atoms with Crippen LogP contribution in [-0.4, -0.2) is 81.7 Å². The normalized spacial score (nSPS) is 11.7. The number of hydrogen-bond donors (Lipinski definition) is 3. The Morgan fingerprint density at radius 3 is 1.86 bits per heavy atom. The van der Waals surface area contributed by atoms with E-state index in [0.29, 0.717) is 65.6 Å². The van der Waals surface area contributed by atoms with Gasteiger partial charge < -0.3 is 38.6 Å². The zero-order chi connectivity index (χ0) is 21.6. The second-order valence-electron chi connectivity index (χ2n) is 6.29. The molecule has 0 aliphatic rings. The summed E-state index contributed by atoms with van der Waals surface area (Å²) in [6.07, 6.45) is 4.71. The molecule has 3 N–H and O–H groups in total. The van der Waals surface area contributed by atoms with Crippen LogP contribution in [0.15, 0.2) is 0 Å². The molecular weight excluding hydrogens is 421 g/mol. The van der Waals surface area contributed by atoms with Gasteiger partial charge in [-0.05, 0) is 31.1 Å². The summed E-state index contributed by atoms with van der Waals surface area (Å²) in [6.45, 7) is 3.70. The van der Waals surface area contributed by atoms with E-state index in [0.717, 1.165) is 32.3 Å². The van der Waals surface area contributed by atoms with Crippen molar-refractivity contribution in [2.24, 2.45) is 0 Å².